The topological polar surface area (TPSA) is 30.5 Å². The Labute approximate surface area is 201 Å². The van der Waals surface area contributed by atoms with Crippen molar-refractivity contribution >= 4 is 5.69 Å². The molecule has 0 spiro atoms. The molecule has 1 aliphatic heterocycles. The molecule has 2 aromatic rings. The first-order chi connectivity index (χ1) is 15.9. The normalized spacial score (nSPS) is 18.3. The number of halogens is 3. The molecule has 6 heteroatoms. The number of anilines is 1. The van der Waals surface area contributed by atoms with E-state index in [1.54, 1.807) is 0 Å². The number of hydrogen-bond donors (Lipinski definition) is 1. The molecule has 186 valence electrons. The molecule has 0 unspecified atom stereocenters. The number of nitrogens with one attached hydrogen (secondary N) is 1. The number of alkyl halides is 3. The highest BCUT2D eigenvalue weighted by Gasteiger charge is 2.37. The summed E-state index contributed by atoms with van der Waals surface area (Å²) in [5.74, 6) is 1.00. The average molecular weight is 476 g/mol. The molecule has 1 heterocycles. The molecule has 34 heavy (non-hydrogen) atoms. The van der Waals surface area contributed by atoms with E-state index in [1.807, 2.05) is 32.0 Å². The van der Waals surface area contributed by atoms with Crippen molar-refractivity contribution in [2.24, 2.45) is 5.92 Å². The second-order valence-corrected chi connectivity index (χ2v) is 9.76. The summed E-state index contributed by atoms with van der Waals surface area (Å²) >= 11 is 0. The van der Waals surface area contributed by atoms with Gasteiger partial charge in [-0.2, -0.15) is 13.2 Å². The third-order valence-electron chi connectivity index (χ3n) is 7.12. The van der Waals surface area contributed by atoms with Crippen LogP contribution in [-0.2, 0) is 16.3 Å². The molecular formula is C28H36F3NO2. The van der Waals surface area contributed by atoms with E-state index in [1.165, 1.54) is 12.1 Å². The first-order valence-corrected chi connectivity index (χ1v) is 12.0. The van der Waals surface area contributed by atoms with Crippen molar-refractivity contribution in [1.82, 2.24) is 0 Å². The monoisotopic (exact) mass is 475 g/mol. The van der Waals surface area contributed by atoms with Crippen molar-refractivity contribution in [3.63, 3.8) is 0 Å². The molecule has 0 radical (unpaired) electrons. The van der Waals surface area contributed by atoms with Gasteiger partial charge in [0.15, 0.2) is 0 Å². The zero-order valence-electron chi connectivity index (χ0n) is 21.2. The van der Waals surface area contributed by atoms with Crippen LogP contribution in [0.1, 0.15) is 83.2 Å². The fourth-order valence-corrected chi connectivity index (χ4v) is 4.25. The number of fused-ring (bicyclic) bond motifs is 1. The Balaban J connectivity index is 2.31. The third kappa shape index (κ3) is 5.12. The van der Waals surface area contributed by atoms with Gasteiger partial charge in [0.25, 0.3) is 0 Å². The lowest BCUT2D eigenvalue weighted by Gasteiger charge is -2.35. The standard InChI is InChI=1S/C28H36F3NO2/c1-8-18(5)23-16-34-26(21-15-19(28(29,30)31)13-14-22(21)32-23)20-11-10-12-24(33-9-2)25(20)27(6,7)17(3)4/h10-15,17,26,32H,8-9,16H2,1-7H3/b23-18+/t26-/m1/s1. The molecule has 1 N–H and O–H groups in total. The first-order valence-electron chi connectivity index (χ1n) is 12.0. The zero-order valence-corrected chi connectivity index (χ0v) is 21.2. The van der Waals surface area contributed by atoms with Gasteiger partial charge >= 0.3 is 6.18 Å². The highest BCUT2D eigenvalue weighted by atomic mass is 19.4. The van der Waals surface area contributed by atoms with Crippen LogP contribution in [0.15, 0.2) is 47.7 Å². The van der Waals surface area contributed by atoms with Crippen molar-refractivity contribution in [2.75, 3.05) is 18.5 Å². The molecule has 0 bridgehead atoms. The molecule has 0 fully saturated rings. The highest BCUT2D eigenvalue weighted by Crippen LogP contribution is 2.47. The van der Waals surface area contributed by atoms with E-state index in [0.29, 0.717) is 17.9 Å². The van der Waals surface area contributed by atoms with Crippen LogP contribution < -0.4 is 10.1 Å². The molecule has 0 aliphatic carbocycles. The number of rotatable bonds is 6. The summed E-state index contributed by atoms with van der Waals surface area (Å²) in [5, 5.41) is 3.37. The van der Waals surface area contributed by atoms with Gasteiger partial charge in [-0.3, -0.25) is 0 Å². The summed E-state index contributed by atoms with van der Waals surface area (Å²) in [6, 6.07) is 9.64. The van der Waals surface area contributed by atoms with Crippen LogP contribution in [0.5, 0.6) is 5.75 Å². The van der Waals surface area contributed by atoms with Gasteiger partial charge in [0.1, 0.15) is 11.9 Å². The van der Waals surface area contributed by atoms with Gasteiger partial charge < -0.3 is 14.8 Å². The first kappa shape index (κ1) is 26.1. The summed E-state index contributed by atoms with van der Waals surface area (Å²) in [6.07, 6.45) is -4.31. The van der Waals surface area contributed by atoms with Crippen LogP contribution in [0, 0.1) is 5.92 Å². The Morgan fingerprint density at radius 1 is 1.12 bits per heavy atom. The van der Waals surface area contributed by atoms with Gasteiger partial charge in [-0.15, -0.1) is 0 Å². The maximum absolute atomic E-state index is 13.7. The number of hydrogen-bond acceptors (Lipinski definition) is 3. The van der Waals surface area contributed by atoms with Gasteiger partial charge in [-0.05, 0) is 61.4 Å². The minimum absolute atomic E-state index is 0.260. The minimum atomic E-state index is -4.45. The Bertz CT molecular complexity index is 1050. The third-order valence-corrected chi connectivity index (χ3v) is 7.12. The quantitative estimate of drug-likeness (QED) is 0.456. The minimum Gasteiger partial charge on any atom is -0.494 e. The lowest BCUT2D eigenvalue weighted by Crippen LogP contribution is -2.28. The molecule has 1 atom stereocenters. The predicted molar refractivity (Wildman–Crippen MR) is 131 cm³/mol. The second-order valence-electron chi connectivity index (χ2n) is 9.76. The van der Waals surface area contributed by atoms with Crippen molar-refractivity contribution in [2.45, 2.75) is 72.6 Å². The molecule has 3 nitrogen and oxygen atoms in total. The molecule has 0 saturated heterocycles. The van der Waals surface area contributed by atoms with E-state index in [-0.39, 0.29) is 17.9 Å². The van der Waals surface area contributed by atoms with Gasteiger partial charge in [0.05, 0.1) is 18.8 Å². The lowest BCUT2D eigenvalue weighted by molar-refractivity contribution is -0.137. The van der Waals surface area contributed by atoms with Gasteiger partial charge in [0.2, 0.25) is 0 Å². The van der Waals surface area contributed by atoms with E-state index >= 15 is 0 Å². The molecule has 3 rings (SSSR count). The van der Waals surface area contributed by atoms with E-state index in [2.05, 4.69) is 39.9 Å². The van der Waals surface area contributed by atoms with E-state index in [4.69, 9.17) is 9.47 Å². The largest absolute Gasteiger partial charge is 0.494 e. The van der Waals surface area contributed by atoms with Crippen LogP contribution >= 0.6 is 0 Å². The number of allylic oxidation sites excluding steroid dienone is 1. The Kier molecular flexibility index (Phi) is 7.71. The number of ether oxygens (including phenoxy) is 2. The highest BCUT2D eigenvalue weighted by molar-refractivity contribution is 5.62. The van der Waals surface area contributed by atoms with Crippen molar-refractivity contribution in [1.29, 1.82) is 0 Å². The summed E-state index contributed by atoms with van der Waals surface area (Å²) < 4.78 is 53.5. The van der Waals surface area contributed by atoms with Crippen LogP contribution in [0.2, 0.25) is 0 Å². The molecule has 0 saturated carbocycles. The van der Waals surface area contributed by atoms with E-state index < -0.39 is 17.8 Å². The zero-order chi connectivity index (χ0) is 25.3. The van der Waals surface area contributed by atoms with Gasteiger partial charge in [-0.25, -0.2) is 0 Å². The fourth-order valence-electron chi connectivity index (χ4n) is 4.25. The summed E-state index contributed by atoms with van der Waals surface area (Å²) in [4.78, 5) is 0. The summed E-state index contributed by atoms with van der Waals surface area (Å²) in [6.45, 7) is 15.3. The lowest BCUT2D eigenvalue weighted by atomic mass is 9.71. The molecule has 1 aliphatic rings. The molecular weight excluding hydrogens is 439 g/mol. The van der Waals surface area contributed by atoms with Crippen LogP contribution in [0.25, 0.3) is 0 Å². The second kappa shape index (κ2) is 10.0. The summed E-state index contributed by atoms with van der Waals surface area (Å²) in [7, 11) is 0. The van der Waals surface area contributed by atoms with Crippen LogP contribution in [0.3, 0.4) is 0 Å². The van der Waals surface area contributed by atoms with Crippen molar-refractivity contribution in [3.05, 3.63) is 69.9 Å². The van der Waals surface area contributed by atoms with E-state index in [0.717, 1.165) is 40.6 Å². The smallest absolute Gasteiger partial charge is 0.416 e. The molecule has 0 aromatic heterocycles. The SMILES string of the molecule is CCOc1cccc([C@H]2OC/C(=C(/C)CC)Nc3ccc(C(F)(F)F)cc32)c1C(C)(C)C(C)C. The van der Waals surface area contributed by atoms with Crippen molar-refractivity contribution < 1.29 is 22.6 Å². The van der Waals surface area contributed by atoms with Gasteiger partial charge in [-0.1, -0.05) is 52.3 Å². The maximum atomic E-state index is 13.7. The Morgan fingerprint density at radius 3 is 2.41 bits per heavy atom. The predicted octanol–water partition coefficient (Wildman–Crippen LogP) is 8.25. The van der Waals surface area contributed by atoms with Crippen molar-refractivity contribution in [3.8, 4) is 5.75 Å². The average Bonchev–Trinajstić information content (AvgIpc) is 2.97. The molecule has 2 aromatic carbocycles. The molecule has 0 amide bonds. The van der Waals surface area contributed by atoms with Crippen LogP contribution in [-0.4, -0.2) is 13.2 Å². The van der Waals surface area contributed by atoms with Gasteiger partial charge in [0, 0.05) is 22.5 Å². The Morgan fingerprint density at radius 2 is 1.82 bits per heavy atom. The van der Waals surface area contributed by atoms with Crippen LogP contribution in [0.4, 0.5) is 18.9 Å². The fraction of sp³-hybridized carbons (Fsp3) is 0.500. The maximum Gasteiger partial charge on any atom is 0.416 e. The van der Waals surface area contributed by atoms with E-state index in [9.17, 15) is 13.2 Å². The Hall–Kier alpha value is -2.47. The summed E-state index contributed by atoms with van der Waals surface area (Å²) in [5.41, 5.74) is 3.92. The number of benzene rings is 2.